The first kappa shape index (κ1) is 15.9. The van der Waals surface area contributed by atoms with Crippen molar-refractivity contribution in [3.8, 4) is 0 Å². The van der Waals surface area contributed by atoms with Gasteiger partial charge in [-0.2, -0.15) is 0 Å². The molecule has 18 heavy (non-hydrogen) atoms. The quantitative estimate of drug-likeness (QED) is 0.629. The van der Waals surface area contributed by atoms with Gasteiger partial charge in [-0.15, -0.1) is 0 Å². The molecule has 0 aliphatic heterocycles. The summed E-state index contributed by atoms with van der Waals surface area (Å²) in [5.41, 5.74) is 0.278. The maximum Gasteiger partial charge on any atom is 0.0558 e. The number of nitrogens with zero attached hydrogens (tertiary/aromatic N) is 1. The van der Waals surface area contributed by atoms with E-state index in [9.17, 15) is 5.11 Å². The molecule has 0 aromatic carbocycles. The van der Waals surface area contributed by atoms with E-state index in [1.54, 1.807) is 0 Å². The lowest BCUT2D eigenvalue weighted by Gasteiger charge is -2.37. The Morgan fingerprint density at radius 3 is 2.33 bits per heavy atom. The predicted octanol–water partition coefficient (Wildman–Crippen LogP) is 2.25. The van der Waals surface area contributed by atoms with Crippen molar-refractivity contribution >= 4 is 0 Å². The van der Waals surface area contributed by atoms with E-state index in [2.05, 4.69) is 37.9 Å². The number of aliphatic hydroxyl groups excluding tert-OH is 1. The second kappa shape index (κ2) is 7.46. The van der Waals surface area contributed by atoms with Crippen LogP contribution in [0.25, 0.3) is 0 Å². The molecule has 1 saturated carbocycles. The van der Waals surface area contributed by atoms with E-state index < -0.39 is 0 Å². The third-order valence-electron chi connectivity index (χ3n) is 3.92. The first-order valence-corrected chi connectivity index (χ1v) is 7.60. The van der Waals surface area contributed by atoms with Gasteiger partial charge in [0.2, 0.25) is 0 Å². The monoisotopic (exact) mass is 256 g/mol. The van der Waals surface area contributed by atoms with E-state index in [1.807, 2.05) is 0 Å². The fraction of sp³-hybridized carbons (Fsp3) is 1.00. The van der Waals surface area contributed by atoms with Crippen molar-refractivity contribution in [2.75, 3.05) is 26.2 Å². The standard InChI is InChI=1S/C15H32N2O/c1-5-14(6-2)17(9-10-18)12-15(3,4)11-16-13-7-8-13/h13-14,16,18H,5-12H2,1-4H3. The van der Waals surface area contributed by atoms with Crippen LogP contribution in [-0.4, -0.2) is 48.3 Å². The minimum Gasteiger partial charge on any atom is -0.395 e. The summed E-state index contributed by atoms with van der Waals surface area (Å²) in [6.07, 6.45) is 5.04. The summed E-state index contributed by atoms with van der Waals surface area (Å²) in [5.74, 6) is 0. The van der Waals surface area contributed by atoms with Crippen molar-refractivity contribution < 1.29 is 5.11 Å². The fourth-order valence-electron chi connectivity index (χ4n) is 2.64. The maximum atomic E-state index is 9.24. The SMILES string of the molecule is CCC(CC)N(CCO)CC(C)(C)CNC1CC1. The molecule has 0 radical (unpaired) electrons. The van der Waals surface area contributed by atoms with Crippen LogP contribution in [0.5, 0.6) is 0 Å². The number of hydrogen-bond donors (Lipinski definition) is 2. The zero-order valence-electron chi connectivity index (χ0n) is 12.7. The first-order valence-electron chi connectivity index (χ1n) is 7.60. The lowest BCUT2D eigenvalue weighted by Crippen LogP contribution is -2.46. The molecule has 0 spiro atoms. The lowest BCUT2D eigenvalue weighted by atomic mass is 9.91. The van der Waals surface area contributed by atoms with Crippen LogP contribution in [0.15, 0.2) is 0 Å². The molecule has 1 fully saturated rings. The van der Waals surface area contributed by atoms with Crippen LogP contribution in [0.1, 0.15) is 53.4 Å². The van der Waals surface area contributed by atoms with Crippen molar-refractivity contribution in [2.24, 2.45) is 5.41 Å². The normalized spacial score (nSPS) is 16.8. The smallest absolute Gasteiger partial charge is 0.0558 e. The number of rotatable bonds is 10. The molecule has 0 saturated heterocycles. The van der Waals surface area contributed by atoms with Crippen LogP contribution in [-0.2, 0) is 0 Å². The minimum absolute atomic E-state index is 0.267. The highest BCUT2D eigenvalue weighted by molar-refractivity contribution is 4.86. The Labute approximate surface area is 113 Å². The average Bonchev–Trinajstić information content (AvgIpc) is 3.12. The number of aliphatic hydroxyl groups is 1. The van der Waals surface area contributed by atoms with Gasteiger partial charge >= 0.3 is 0 Å². The maximum absolute atomic E-state index is 9.24. The zero-order valence-corrected chi connectivity index (χ0v) is 12.7. The van der Waals surface area contributed by atoms with Gasteiger partial charge in [0.25, 0.3) is 0 Å². The van der Waals surface area contributed by atoms with Crippen molar-refractivity contribution in [2.45, 2.75) is 65.5 Å². The highest BCUT2D eigenvalue weighted by Crippen LogP contribution is 2.23. The summed E-state index contributed by atoms with van der Waals surface area (Å²) in [4.78, 5) is 2.47. The van der Waals surface area contributed by atoms with Gasteiger partial charge in [-0.3, -0.25) is 4.90 Å². The van der Waals surface area contributed by atoms with Crippen molar-refractivity contribution in [3.63, 3.8) is 0 Å². The summed E-state index contributed by atoms with van der Waals surface area (Å²) in [6, 6.07) is 1.39. The Bertz CT molecular complexity index is 223. The van der Waals surface area contributed by atoms with E-state index in [-0.39, 0.29) is 12.0 Å². The third-order valence-corrected chi connectivity index (χ3v) is 3.92. The highest BCUT2D eigenvalue weighted by Gasteiger charge is 2.28. The summed E-state index contributed by atoms with van der Waals surface area (Å²) in [5, 5.41) is 12.9. The summed E-state index contributed by atoms with van der Waals surface area (Å²) >= 11 is 0. The number of nitrogens with one attached hydrogen (secondary N) is 1. The molecule has 0 unspecified atom stereocenters. The van der Waals surface area contributed by atoms with E-state index in [0.717, 1.165) is 25.7 Å². The molecular formula is C15H32N2O. The van der Waals surface area contributed by atoms with Gasteiger partial charge in [-0.1, -0.05) is 27.7 Å². The fourth-order valence-corrected chi connectivity index (χ4v) is 2.64. The van der Waals surface area contributed by atoms with Crippen LogP contribution < -0.4 is 5.32 Å². The van der Waals surface area contributed by atoms with Gasteiger partial charge in [0.1, 0.15) is 0 Å². The second-order valence-corrected chi connectivity index (χ2v) is 6.48. The van der Waals surface area contributed by atoms with Gasteiger partial charge in [-0.25, -0.2) is 0 Å². The Kier molecular flexibility index (Phi) is 6.61. The molecule has 0 atom stereocenters. The van der Waals surface area contributed by atoms with Crippen LogP contribution in [0.4, 0.5) is 0 Å². The lowest BCUT2D eigenvalue weighted by molar-refractivity contribution is 0.0967. The summed E-state index contributed by atoms with van der Waals surface area (Å²) in [7, 11) is 0. The second-order valence-electron chi connectivity index (χ2n) is 6.48. The van der Waals surface area contributed by atoms with E-state index in [4.69, 9.17) is 0 Å². The van der Waals surface area contributed by atoms with Gasteiger partial charge < -0.3 is 10.4 Å². The van der Waals surface area contributed by atoms with Crippen LogP contribution in [0, 0.1) is 5.41 Å². The molecule has 1 aliphatic rings. The molecule has 0 bridgehead atoms. The van der Waals surface area contributed by atoms with E-state index in [0.29, 0.717) is 6.04 Å². The van der Waals surface area contributed by atoms with Crippen molar-refractivity contribution in [1.82, 2.24) is 10.2 Å². The Hall–Kier alpha value is -0.120. The third kappa shape index (κ3) is 5.68. The van der Waals surface area contributed by atoms with Crippen LogP contribution in [0.2, 0.25) is 0 Å². The van der Waals surface area contributed by atoms with Crippen molar-refractivity contribution in [1.29, 1.82) is 0 Å². The molecular weight excluding hydrogens is 224 g/mol. The number of hydrogen-bond acceptors (Lipinski definition) is 3. The molecule has 3 heteroatoms. The van der Waals surface area contributed by atoms with E-state index in [1.165, 1.54) is 25.7 Å². The largest absolute Gasteiger partial charge is 0.395 e. The highest BCUT2D eigenvalue weighted by atomic mass is 16.3. The van der Waals surface area contributed by atoms with E-state index >= 15 is 0 Å². The Morgan fingerprint density at radius 2 is 1.89 bits per heavy atom. The molecule has 3 nitrogen and oxygen atoms in total. The predicted molar refractivity (Wildman–Crippen MR) is 77.8 cm³/mol. The van der Waals surface area contributed by atoms with Gasteiger partial charge in [0, 0.05) is 31.7 Å². The Balaban J connectivity index is 2.44. The topological polar surface area (TPSA) is 35.5 Å². The molecule has 0 heterocycles. The molecule has 0 aromatic rings. The zero-order chi connectivity index (χ0) is 13.6. The van der Waals surface area contributed by atoms with Crippen molar-refractivity contribution in [3.05, 3.63) is 0 Å². The Morgan fingerprint density at radius 1 is 1.28 bits per heavy atom. The van der Waals surface area contributed by atoms with Gasteiger partial charge in [-0.05, 0) is 31.1 Å². The molecule has 2 N–H and O–H groups in total. The average molecular weight is 256 g/mol. The minimum atomic E-state index is 0.267. The van der Waals surface area contributed by atoms with Crippen LogP contribution in [0.3, 0.4) is 0 Å². The van der Waals surface area contributed by atoms with Crippen LogP contribution >= 0.6 is 0 Å². The molecule has 0 aromatic heterocycles. The summed E-state index contributed by atoms with van der Waals surface area (Å²) < 4.78 is 0. The molecule has 1 aliphatic carbocycles. The summed E-state index contributed by atoms with van der Waals surface area (Å²) in [6.45, 7) is 12.4. The van der Waals surface area contributed by atoms with Gasteiger partial charge in [0.05, 0.1) is 6.61 Å². The first-order chi connectivity index (χ1) is 8.52. The molecule has 108 valence electrons. The molecule has 0 amide bonds. The molecule has 1 rings (SSSR count). The van der Waals surface area contributed by atoms with Gasteiger partial charge in [0.15, 0.2) is 0 Å².